The van der Waals surface area contributed by atoms with Gasteiger partial charge in [-0.05, 0) is 24.1 Å². The van der Waals surface area contributed by atoms with E-state index in [0.29, 0.717) is 18.0 Å². The summed E-state index contributed by atoms with van der Waals surface area (Å²) < 4.78 is 0. The summed E-state index contributed by atoms with van der Waals surface area (Å²) in [5, 5.41) is 7.77. The average Bonchev–Trinajstić information content (AvgIpc) is 2.93. The number of fused-ring (bicyclic) bond motifs is 1. The van der Waals surface area contributed by atoms with Crippen LogP contribution in [0.3, 0.4) is 0 Å². The third-order valence-corrected chi connectivity index (χ3v) is 4.44. The molecule has 1 N–H and O–H groups in total. The minimum Gasteiger partial charge on any atom is -0.337 e. The van der Waals surface area contributed by atoms with E-state index >= 15 is 0 Å². The number of benzene rings is 1. The van der Waals surface area contributed by atoms with Crippen LogP contribution >= 0.6 is 11.6 Å². The zero-order chi connectivity index (χ0) is 15.7. The summed E-state index contributed by atoms with van der Waals surface area (Å²) in [6.45, 7) is 5.39. The number of halogens is 1. The van der Waals surface area contributed by atoms with Crippen molar-refractivity contribution in [2.45, 2.75) is 33.2 Å². The average molecular weight is 318 g/mol. The first-order chi connectivity index (χ1) is 10.5. The van der Waals surface area contributed by atoms with Gasteiger partial charge in [0.15, 0.2) is 0 Å². The van der Waals surface area contributed by atoms with Crippen LogP contribution in [-0.4, -0.2) is 27.5 Å². The third-order valence-electron chi connectivity index (χ3n) is 4.20. The Morgan fingerprint density at radius 2 is 2.27 bits per heavy atom. The Hall–Kier alpha value is -1.81. The molecule has 0 fully saturated rings. The van der Waals surface area contributed by atoms with E-state index < -0.39 is 5.41 Å². The maximum absolute atomic E-state index is 12.9. The molecule has 0 radical (unpaired) electrons. The predicted octanol–water partition coefficient (Wildman–Crippen LogP) is 3.22. The van der Waals surface area contributed by atoms with Gasteiger partial charge < -0.3 is 4.90 Å². The van der Waals surface area contributed by atoms with Crippen LogP contribution in [0.5, 0.6) is 0 Å². The number of nitrogens with one attached hydrogen (secondary N) is 1. The molecule has 3 rings (SSSR count). The lowest BCUT2D eigenvalue weighted by Gasteiger charge is -2.34. The number of amides is 1. The Bertz CT molecular complexity index is 693. The largest absolute Gasteiger partial charge is 0.337 e. The summed E-state index contributed by atoms with van der Waals surface area (Å²) in [4.78, 5) is 14.8. The number of aromatic nitrogens is 2. The second-order valence-corrected chi connectivity index (χ2v) is 6.98. The molecule has 5 heteroatoms. The molecule has 1 aromatic carbocycles. The van der Waals surface area contributed by atoms with E-state index in [2.05, 4.69) is 10.2 Å². The smallest absolute Gasteiger partial charge is 0.228 e. The van der Waals surface area contributed by atoms with E-state index in [1.165, 1.54) is 0 Å². The highest BCUT2D eigenvalue weighted by molar-refractivity contribution is 6.30. The van der Waals surface area contributed by atoms with Crippen molar-refractivity contribution in [1.29, 1.82) is 0 Å². The number of nitrogens with zero attached hydrogens (tertiary/aromatic N) is 2. The minimum absolute atomic E-state index is 0.180. The summed E-state index contributed by atoms with van der Waals surface area (Å²) >= 11 is 6.04. The first kappa shape index (κ1) is 15.1. The van der Waals surface area contributed by atoms with Crippen molar-refractivity contribution in [2.24, 2.45) is 5.41 Å². The number of hydrogen-bond acceptors (Lipinski definition) is 2. The molecule has 116 valence electrons. The van der Waals surface area contributed by atoms with Crippen LogP contribution < -0.4 is 0 Å². The van der Waals surface area contributed by atoms with Gasteiger partial charge in [-0.3, -0.25) is 9.89 Å². The number of rotatable bonds is 3. The topological polar surface area (TPSA) is 49.0 Å². The normalized spacial score (nSPS) is 14.8. The van der Waals surface area contributed by atoms with Crippen molar-refractivity contribution < 1.29 is 4.79 Å². The van der Waals surface area contributed by atoms with E-state index in [-0.39, 0.29) is 5.91 Å². The standard InChI is InChI=1S/C17H20ClN3O/c1-17(2,9-12-4-3-5-14(18)8-12)16(22)21-7-6-15-13(11-21)10-19-20-15/h3-5,8,10H,6-7,9,11H2,1-2H3,(H,19,20). The van der Waals surface area contributed by atoms with E-state index in [0.717, 1.165) is 29.8 Å². The fourth-order valence-electron chi connectivity index (χ4n) is 3.06. The molecule has 2 heterocycles. The lowest BCUT2D eigenvalue weighted by atomic mass is 9.83. The van der Waals surface area contributed by atoms with Crippen molar-refractivity contribution >= 4 is 17.5 Å². The Labute approximate surface area is 135 Å². The first-order valence-electron chi connectivity index (χ1n) is 7.51. The number of carbonyl (C=O) groups excluding carboxylic acids is 1. The Morgan fingerprint density at radius 1 is 1.45 bits per heavy atom. The van der Waals surface area contributed by atoms with Gasteiger partial charge in [0.25, 0.3) is 0 Å². The molecule has 1 aromatic heterocycles. The number of carbonyl (C=O) groups is 1. The van der Waals surface area contributed by atoms with E-state index in [1.54, 1.807) is 0 Å². The van der Waals surface area contributed by atoms with Gasteiger partial charge in [0.2, 0.25) is 5.91 Å². The molecule has 1 amide bonds. The molecule has 2 aromatic rings. The van der Waals surface area contributed by atoms with Crippen LogP contribution in [-0.2, 0) is 24.2 Å². The summed E-state index contributed by atoms with van der Waals surface area (Å²) in [5.41, 5.74) is 2.91. The summed E-state index contributed by atoms with van der Waals surface area (Å²) in [7, 11) is 0. The molecular formula is C17H20ClN3O. The zero-order valence-corrected chi connectivity index (χ0v) is 13.7. The van der Waals surface area contributed by atoms with Gasteiger partial charge in [-0.1, -0.05) is 37.6 Å². The molecule has 0 saturated carbocycles. The van der Waals surface area contributed by atoms with Crippen molar-refractivity contribution in [3.63, 3.8) is 0 Å². The fraction of sp³-hybridized carbons (Fsp3) is 0.412. The van der Waals surface area contributed by atoms with Gasteiger partial charge in [0.05, 0.1) is 6.20 Å². The summed E-state index contributed by atoms with van der Waals surface area (Å²) in [6.07, 6.45) is 3.34. The summed E-state index contributed by atoms with van der Waals surface area (Å²) in [5.74, 6) is 0.180. The van der Waals surface area contributed by atoms with Crippen molar-refractivity contribution in [3.05, 3.63) is 52.3 Å². The lowest BCUT2D eigenvalue weighted by Crippen LogP contribution is -2.44. The molecule has 1 aliphatic rings. The zero-order valence-electron chi connectivity index (χ0n) is 12.9. The van der Waals surface area contributed by atoms with E-state index in [1.807, 2.05) is 49.2 Å². The van der Waals surface area contributed by atoms with Crippen LogP contribution in [0.4, 0.5) is 0 Å². The predicted molar refractivity (Wildman–Crippen MR) is 86.6 cm³/mol. The molecule has 0 unspecified atom stereocenters. The number of H-pyrrole nitrogens is 1. The molecule has 0 aliphatic carbocycles. The van der Waals surface area contributed by atoms with Crippen LogP contribution in [0, 0.1) is 5.41 Å². The highest BCUT2D eigenvalue weighted by Crippen LogP contribution is 2.28. The van der Waals surface area contributed by atoms with Crippen molar-refractivity contribution in [1.82, 2.24) is 15.1 Å². The highest BCUT2D eigenvalue weighted by Gasteiger charge is 2.34. The minimum atomic E-state index is -0.452. The Balaban J connectivity index is 1.73. The van der Waals surface area contributed by atoms with Gasteiger partial charge in [-0.25, -0.2) is 0 Å². The van der Waals surface area contributed by atoms with Gasteiger partial charge >= 0.3 is 0 Å². The molecule has 0 spiro atoms. The molecule has 1 aliphatic heterocycles. The van der Waals surface area contributed by atoms with Gasteiger partial charge in [-0.15, -0.1) is 0 Å². The second-order valence-electron chi connectivity index (χ2n) is 6.54. The molecule has 0 atom stereocenters. The maximum Gasteiger partial charge on any atom is 0.228 e. The maximum atomic E-state index is 12.9. The van der Waals surface area contributed by atoms with Crippen LogP contribution in [0.1, 0.15) is 30.7 Å². The fourth-order valence-corrected chi connectivity index (χ4v) is 3.27. The van der Waals surface area contributed by atoms with Gasteiger partial charge in [0.1, 0.15) is 0 Å². The van der Waals surface area contributed by atoms with Crippen molar-refractivity contribution in [3.8, 4) is 0 Å². The van der Waals surface area contributed by atoms with Crippen molar-refractivity contribution in [2.75, 3.05) is 6.54 Å². The molecule has 22 heavy (non-hydrogen) atoms. The monoisotopic (exact) mass is 317 g/mol. The van der Waals surface area contributed by atoms with E-state index in [9.17, 15) is 4.79 Å². The summed E-state index contributed by atoms with van der Waals surface area (Å²) in [6, 6.07) is 7.73. The second kappa shape index (κ2) is 5.76. The Kier molecular flexibility index (Phi) is 3.96. The van der Waals surface area contributed by atoms with Gasteiger partial charge in [-0.2, -0.15) is 5.10 Å². The Morgan fingerprint density at radius 3 is 3.05 bits per heavy atom. The highest BCUT2D eigenvalue weighted by atomic mass is 35.5. The number of aromatic amines is 1. The third kappa shape index (κ3) is 3.02. The SMILES string of the molecule is CC(C)(Cc1cccc(Cl)c1)C(=O)N1CCc2[nH]ncc2C1. The van der Waals surface area contributed by atoms with Gasteiger partial charge in [0, 0.05) is 41.2 Å². The molecular weight excluding hydrogens is 298 g/mol. The van der Waals surface area contributed by atoms with Crippen LogP contribution in [0.2, 0.25) is 5.02 Å². The molecule has 0 bridgehead atoms. The first-order valence-corrected chi connectivity index (χ1v) is 7.88. The number of hydrogen-bond donors (Lipinski definition) is 1. The quantitative estimate of drug-likeness (QED) is 0.945. The van der Waals surface area contributed by atoms with Crippen LogP contribution in [0.15, 0.2) is 30.5 Å². The van der Waals surface area contributed by atoms with Crippen LogP contribution in [0.25, 0.3) is 0 Å². The van der Waals surface area contributed by atoms with E-state index in [4.69, 9.17) is 11.6 Å². The lowest BCUT2D eigenvalue weighted by molar-refractivity contribution is -0.141. The molecule has 4 nitrogen and oxygen atoms in total. The molecule has 0 saturated heterocycles.